The highest BCUT2D eigenvalue weighted by Gasteiger charge is 2.36. The Morgan fingerprint density at radius 3 is 2.38 bits per heavy atom. The first kappa shape index (κ1) is 36.7. The van der Waals surface area contributed by atoms with E-state index in [1.807, 2.05) is 0 Å². The fraction of sp³-hybridized carbons (Fsp3) is 0.714. The zero-order chi connectivity index (χ0) is 26.4. The number of nitrogens with one attached hydrogen (secondary N) is 1. The summed E-state index contributed by atoms with van der Waals surface area (Å²) in [7, 11) is 3.17. The normalized spacial score (nSPS) is 25.5. The highest BCUT2D eigenvalue weighted by molar-refractivity contribution is 7.59. The van der Waals surface area contributed by atoms with E-state index in [1.165, 1.54) is 13.2 Å². The molecule has 3 N–H and O–H groups in total. The summed E-state index contributed by atoms with van der Waals surface area (Å²) in [5.41, 5.74) is 6.56. The first-order valence-electron chi connectivity index (χ1n) is 13.5. The lowest BCUT2D eigenvalue weighted by Gasteiger charge is -2.43. The average molecular weight is 621 g/mol. The van der Waals surface area contributed by atoms with E-state index < -0.39 is 0 Å². The Morgan fingerprint density at radius 1 is 1.02 bits per heavy atom. The first-order chi connectivity index (χ1) is 17.9. The first-order valence-corrected chi connectivity index (χ1v) is 13.9. The number of benzene rings is 1. The smallest absolute Gasteiger partial charge is 0.306 e. The molecule has 4 aliphatic rings. The maximum Gasteiger partial charge on any atom is 0.306 e. The van der Waals surface area contributed by atoms with Crippen LogP contribution in [0.15, 0.2) is 12.1 Å². The van der Waals surface area contributed by atoms with Crippen molar-refractivity contribution in [3.05, 3.63) is 22.7 Å². The summed E-state index contributed by atoms with van der Waals surface area (Å²) in [6.07, 6.45) is 6.42. The summed E-state index contributed by atoms with van der Waals surface area (Å²) in [6, 6.07) is 2.98. The Hall–Kier alpha value is -1.37. The van der Waals surface area contributed by atoms with E-state index in [9.17, 15) is 9.59 Å². The van der Waals surface area contributed by atoms with Gasteiger partial charge in [0.2, 0.25) is 0 Å². The average Bonchev–Trinajstić information content (AvgIpc) is 2.91. The van der Waals surface area contributed by atoms with E-state index in [2.05, 4.69) is 15.1 Å². The molecule has 9 nitrogen and oxygen atoms in total. The number of amides is 1. The molecule has 4 saturated heterocycles. The van der Waals surface area contributed by atoms with E-state index in [1.54, 1.807) is 13.2 Å². The minimum absolute atomic E-state index is 0. The van der Waals surface area contributed by atoms with Crippen LogP contribution in [-0.2, 0) is 14.3 Å². The van der Waals surface area contributed by atoms with Crippen molar-refractivity contribution in [3.8, 4) is 5.75 Å². The molecule has 0 unspecified atom stereocenters. The third kappa shape index (κ3) is 9.59. The van der Waals surface area contributed by atoms with Gasteiger partial charge < -0.3 is 30.2 Å². The molecule has 1 amide bonds. The zero-order valence-electron chi connectivity index (χ0n) is 23.0. The van der Waals surface area contributed by atoms with Gasteiger partial charge in [-0.25, -0.2) is 0 Å². The largest absolute Gasteiger partial charge is 0.496 e. The summed E-state index contributed by atoms with van der Waals surface area (Å²) >= 11 is 6.13. The van der Waals surface area contributed by atoms with Crippen LogP contribution in [0.4, 0.5) is 5.69 Å². The Balaban J connectivity index is 0.00000267. The number of ether oxygens (including phenoxy) is 3. The number of esters is 1. The van der Waals surface area contributed by atoms with Crippen molar-refractivity contribution in [2.45, 2.75) is 70.6 Å². The molecule has 1 aromatic carbocycles. The minimum Gasteiger partial charge on any atom is -0.496 e. The van der Waals surface area contributed by atoms with Gasteiger partial charge in [-0.3, -0.25) is 14.5 Å². The molecule has 12 heteroatoms. The summed E-state index contributed by atoms with van der Waals surface area (Å²) in [6.45, 7) is 5.76. The lowest BCUT2D eigenvalue weighted by Crippen LogP contribution is -2.54. The van der Waals surface area contributed by atoms with Gasteiger partial charge in [0, 0.05) is 39.2 Å². The van der Waals surface area contributed by atoms with Crippen LogP contribution < -0.4 is 15.8 Å². The number of unbranched alkanes of at least 4 members (excludes halogenated alkanes) is 2. The summed E-state index contributed by atoms with van der Waals surface area (Å²) in [4.78, 5) is 30.0. The van der Waals surface area contributed by atoms with Crippen LogP contribution in [0.3, 0.4) is 0 Å². The molecular weight excluding hydrogens is 572 g/mol. The van der Waals surface area contributed by atoms with E-state index in [-0.39, 0.29) is 64.5 Å². The number of likely N-dealkylation sites (tertiary alicyclic amines) is 1. The van der Waals surface area contributed by atoms with Gasteiger partial charge in [-0.1, -0.05) is 25.4 Å². The van der Waals surface area contributed by atoms with Crippen LogP contribution in [-0.4, -0.2) is 93.4 Å². The maximum atomic E-state index is 13.0. The number of halogens is 1. The summed E-state index contributed by atoms with van der Waals surface area (Å²) in [5, 5.41) is 3.40. The van der Waals surface area contributed by atoms with Crippen molar-refractivity contribution >= 4 is 56.2 Å². The Morgan fingerprint density at radius 2 is 1.75 bits per heavy atom. The zero-order valence-corrected chi connectivity index (χ0v) is 25.8. The number of fused-ring (bicyclic) bond motifs is 3. The van der Waals surface area contributed by atoms with E-state index in [0.29, 0.717) is 34.4 Å². The number of hydrogen-bond donors (Lipinski definition) is 2. The molecule has 0 saturated carbocycles. The van der Waals surface area contributed by atoms with Crippen molar-refractivity contribution in [3.63, 3.8) is 0 Å². The van der Waals surface area contributed by atoms with Crippen molar-refractivity contribution in [1.82, 2.24) is 15.1 Å². The second-order valence-corrected chi connectivity index (χ2v) is 10.9. The van der Waals surface area contributed by atoms with Gasteiger partial charge in [0.25, 0.3) is 5.91 Å². The second-order valence-electron chi connectivity index (χ2n) is 10.5. The molecule has 2 bridgehead atoms. The number of hydrogen-bond acceptors (Lipinski definition) is 8. The third-order valence-corrected chi connectivity index (χ3v) is 8.39. The number of carbonyl (C=O) groups is 2. The fourth-order valence-electron chi connectivity index (χ4n) is 5.80. The molecule has 0 aromatic heterocycles. The van der Waals surface area contributed by atoms with Gasteiger partial charge in [-0.15, -0.1) is 0 Å². The third-order valence-electron chi connectivity index (χ3n) is 8.06. The molecule has 1 aromatic rings. The number of anilines is 1. The monoisotopic (exact) mass is 620 g/mol. The number of carbonyl (C=O) groups excluding carboxylic acids is 2. The van der Waals surface area contributed by atoms with Crippen molar-refractivity contribution in [2.75, 3.05) is 59.2 Å². The predicted molar refractivity (Wildman–Crippen MR) is 171 cm³/mol. The number of nitrogen functional groups attached to an aromatic ring is 1. The molecule has 4 fully saturated rings. The molecule has 0 spiro atoms. The molecule has 3 atom stereocenters. The lowest BCUT2D eigenvalue weighted by molar-refractivity contribution is -0.158. The van der Waals surface area contributed by atoms with Crippen LogP contribution in [0.2, 0.25) is 5.02 Å². The molecule has 40 heavy (non-hydrogen) atoms. The Labute approximate surface area is 258 Å². The molecule has 0 aliphatic carbocycles. The van der Waals surface area contributed by atoms with Gasteiger partial charge in [0.05, 0.1) is 35.5 Å². The van der Waals surface area contributed by atoms with Crippen molar-refractivity contribution < 1.29 is 23.8 Å². The van der Waals surface area contributed by atoms with Crippen LogP contribution in [0.1, 0.15) is 62.7 Å². The van der Waals surface area contributed by atoms with Gasteiger partial charge in [0.1, 0.15) is 11.9 Å². The maximum absolute atomic E-state index is 13.0. The molecule has 230 valence electrons. The quantitative estimate of drug-likeness (QED) is 0.219. The van der Waals surface area contributed by atoms with Gasteiger partial charge in [0.15, 0.2) is 0 Å². The van der Waals surface area contributed by atoms with E-state index in [4.69, 9.17) is 31.5 Å². The number of methoxy groups -OCH3 is 2. The number of rotatable bonds is 11. The van der Waals surface area contributed by atoms with Crippen LogP contribution in [0, 0.1) is 5.92 Å². The highest BCUT2D eigenvalue weighted by atomic mass is 35.5. The molecule has 4 heterocycles. The molecule has 4 aliphatic heterocycles. The van der Waals surface area contributed by atoms with E-state index in [0.717, 1.165) is 77.8 Å². The standard InChI is InChI=1S/C27H41ClN4O5.CH4.2H2S/c1-35-23-15-21(29)20(28)14-19(23)27(34)30-22-9-13-31(17-25(22)36-2)10-5-3-4-6-26(33)37-24-16-32-11-7-18(24)8-12-32;;;/h14-15,18,22,24-25H,3-13,16-17,29H2,1-2H3,(H,30,34);1H4;2*1H2/t22-,24-,25+;;;/m1.../s1. The van der Waals surface area contributed by atoms with Crippen molar-refractivity contribution in [2.24, 2.45) is 5.92 Å². The topological polar surface area (TPSA) is 106 Å². The van der Waals surface area contributed by atoms with Gasteiger partial charge in [-0.2, -0.15) is 27.0 Å². The molecule has 5 rings (SSSR count). The van der Waals surface area contributed by atoms with Gasteiger partial charge >= 0.3 is 5.97 Å². The lowest BCUT2D eigenvalue weighted by atomic mass is 9.86. The van der Waals surface area contributed by atoms with Crippen LogP contribution >= 0.6 is 38.6 Å². The highest BCUT2D eigenvalue weighted by Crippen LogP contribution is 2.30. The van der Waals surface area contributed by atoms with Crippen molar-refractivity contribution in [1.29, 1.82) is 0 Å². The predicted octanol–water partition coefficient (Wildman–Crippen LogP) is 3.81. The van der Waals surface area contributed by atoms with Crippen LogP contribution in [0.5, 0.6) is 5.75 Å². The van der Waals surface area contributed by atoms with E-state index >= 15 is 0 Å². The number of nitrogens with two attached hydrogens (primary N) is 1. The SMILES string of the molecule is C.COc1cc(N)c(Cl)cc1C(=O)N[C@@H]1CCN(CCCCCC(=O)O[C@@H]2CN3CCC2CC3)C[C@@H]1OC.S.S. The molecular formula is C28H49ClN4O5S2. The minimum atomic E-state index is -0.260. The second kappa shape index (κ2) is 17.6. The Kier molecular flexibility index (Phi) is 16.1. The summed E-state index contributed by atoms with van der Waals surface area (Å²) in [5.74, 6) is 0.637. The molecule has 0 radical (unpaired) electrons. The number of piperidine rings is 4. The number of nitrogens with zero attached hydrogens (tertiary/aromatic N) is 2. The Bertz CT molecular complexity index is 952. The summed E-state index contributed by atoms with van der Waals surface area (Å²) < 4.78 is 16.8. The van der Waals surface area contributed by atoms with Gasteiger partial charge in [-0.05, 0) is 63.7 Å². The van der Waals surface area contributed by atoms with Crippen LogP contribution in [0.25, 0.3) is 0 Å². The fourth-order valence-corrected chi connectivity index (χ4v) is 5.97.